The molecule has 0 radical (unpaired) electrons. The first-order chi connectivity index (χ1) is 8.56. The van der Waals surface area contributed by atoms with Gasteiger partial charge >= 0.3 is 0 Å². The van der Waals surface area contributed by atoms with Crippen LogP contribution in [0, 0.1) is 5.92 Å². The Morgan fingerprint density at radius 3 is 2.94 bits per heavy atom. The van der Waals surface area contributed by atoms with E-state index in [-0.39, 0.29) is 0 Å². The smallest absolute Gasteiger partial charge is 0.160 e. The monoisotopic (exact) mass is 312 g/mol. The molecule has 100 valence electrons. The van der Waals surface area contributed by atoms with Gasteiger partial charge in [0.25, 0.3) is 0 Å². The number of aromatic nitrogens is 2. The summed E-state index contributed by atoms with van der Waals surface area (Å²) in [7, 11) is 0. The van der Waals surface area contributed by atoms with Crippen LogP contribution < -0.4 is 5.73 Å². The second-order valence-corrected chi connectivity index (χ2v) is 6.22. The standard InChI is InChI=1S/C13H21BrN4/c1-9(2)18-5-3-4-10(8-18)6-11-7-12(14)13(15)17-16-11/h7,9-10H,3-6,8H2,1-2H3,(H2,15,17). The van der Waals surface area contributed by atoms with Crippen LogP contribution in [0.15, 0.2) is 10.5 Å². The van der Waals surface area contributed by atoms with Gasteiger partial charge in [-0.1, -0.05) is 0 Å². The van der Waals surface area contributed by atoms with E-state index in [4.69, 9.17) is 5.73 Å². The van der Waals surface area contributed by atoms with E-state index in [1.54, 1.807) is 0 Å². The maximum absolute atomic E-state index is 5.65. The summed E-state index contributed by atoms with van der Waals surface area (Å²) in [6, 6.07) is 2.63. The molecule has 0 saturated carbocycles. The van der Waals surface area contributed by atoms with E-state index < -0.39 is 0 Å². The van der Waals surface area contributed by atoms with Gasteiger partial charge in [0.05, 0.1) is 10.2 Å². The number of nitrogens with zero attached hydrogens (tertiary/aromatic N) is 3. The maximum atomic E-state index is 5.65. The highest BCUT2D eigenvalue weighted by Gasteiger charge is 2.22. The molecule has 2 N–H and O–H groups in total. The Kier molecular flexibility index (Phi) is 4.56. The Bertz CT molecular complexity index is 408. The van der Waals surface area contributed by atoms with Gasteiger partial charge in [-0.05, 0) is 67.6 Å². The molecule has 0 aromatic carbocycles. The average Bonchev–Trinajstić information content (AvgIpc) is 2.34. The number of hydrogen-bond acceptors (Lipinski definition) is 4. The van der Waals surface area contributed by atoms with Crippen molar-refractivity contribution in [3.8, 4) is 0 Å². The Balaban J connectivity index is 1.98. The van der Waals surface area contributed by atoms with Crippen molar-refractivity contribution in [1.29, 1.82) is 0 Å². The molecule has 1 aliphatic rings. The van der Waals surface area contributed by atoms with Crippen LogP contribution in [0.2, 0.25) is 0 Å². The first kappa shape index (κ1) is 13.7. The van der Waals surface area contributed by atoms with Crippen molar-refractivity contribution in [1.82, 2.24) is 15.1 Å². The average molecular weight is 313 g/mol. The fourth-order valence-corrected chi connectivity index (χ4v) is 2.89. The molecular weight excluding hydrogens is 292 g/mol. The zero-order valence-electron chi connectivity index (χ0n) is 11.1. The molecule has 0 spiro atoms. The van der Waals surface area contributed by atoms with Crippen LogP contribution in [-0.2, 0) is 6.42 Å². The number of halogens is 1. The molecule has 2 heterocycles. The lowest BCUT2D eigenvalue weighted by Gasteiger charge is -2.35. The van der Waals surface area contributed by atoms with E-state index in [0.29, 0.717) is 17.8 Å². The van der Waals surface area contributed by atoms with Crippen molar-refractivity contribution >= 4 is 21.7 Å². The fraction of sp³-hybridized carbons (Fsp3) is 0.692. The van der Waals surface area contributed by atoms with Gasteiger partial charge < -0.3 is 10.6 Å². The van der Waals surface area contributed by atoms with E-state index >= 15 is 0 Å². The van der Waals surface area contributed by atoms with Crippen LogP contribution in [0.5, 0.6) is 0 Å². The van der Waals surface area contributed by atoms with Crippen LogP contribution in [0.25, 0.3) is 0 Å². The topological polar surface area (TPSA) is 55.0 Å². The Labute approximate surface area is 117 Å². The van der Waals surface area contributed by atoms with Gasteiger partial charge in [0.2, 0.25) is 0 Å². The van der Waals surface area contributed by atoms with E-state index in [0.717, 1.165) is 16.6 Å². The number of anilines is 1. The van der Waals surface area contributed by atoms with Crippen LogP contribution >= 0.6 is 15.9 Å². The summed E-state index contributed by atoms with van der Waals surface area (Å²) in [5, 5.41) is 8.15. The third-order valence-electron chi connectivity index (χ3n) is 3.60. The number of nitrogens with two attached hydrogens (primary N) is 1. The SMILES string of the molecule is CC(C)N1CCCC(Cc2cc(Br)c(N)nn2)C1. The van der Waals surface area contributed by atoms with Crippen molar-refractivity contribution < 1.29 is 0 Å². The van der Waals surface area contributed by atoms with Crippen molar-refractivity contribution in [3.63, 3.8) is 0 Å². The summed E-state index contributed by atoms with van der Waals surface area (Å²) < 4.78 is 0.851. The van der Waals surface area contributed by atoms with Crippen LogP contribution in [0.4, 0.5) is 5.82 Å². The molecule has 1 aliphatic heterocycles. The predicted molar refractivity (Wildman–Crippen MR) is 77.3 cm³/mol. The molecule has 4 nitrogen and oxygen atoms in total. The maximum Gasteiger partial charge on any atom is 0.160 e. The van der Waals surface area contributed by atoms with E-state index in [1.165, 1.54) is 25.9 Å². The van der Waals surface area contributed by atoms with Crippen molar-refractivity contribution in [2.24, 2.45) is 5.92 Å². The molecule has 1 aromatic rings. The summed E-state index contributed by atoms with van der Waals surface area (Å²) in [4.78, 5) is 2.55. The lowest BCUT2D eigenvalue weighted by Crippen LogP contribution is -2.40. The highest BCUT2D eigenvalue weighted by molar-refractivity contribution is 9.10. The molecule has 0 amide bonds. The lowest BCUT2D eigenvalue weighted by molar-refractivity contribution is 0.139. The van der Waals surface area contributed by atoms with Crippen LogP contribution in [-0.4, -0.2) is 34.2 Å². The van der Waals surface area contributed by atoms with E-state index in [1.807, 2.05) is 6.07 Å². The number of piperidine rings is 1. The largest absolute Gasteiger partial charge is 0.381 e. The number of rotatable bonds is 3. The normalized spacial score (nSPS) is 21.4. The zero-order valence-corrected chi connectivity index (χ0v) is 12.7. The van der Waals surface area contributed by atoms with E-state index in [2.05, 4.69) is 44.9 Å². The van der Waals surface area contributed by atoms with Gasteiger partial charge in [-0.25, -0.2) is 0 Å². The minimum absolute atomic E-state index is 0.464. The molecule has 2 rings (SSSR count). The predicted octanol–water partition coefficient (Wildman–Crippen LogP) is 2.48. The summed E-state index contributed by atoms with van der Waals surface area (Å²) in [5.74, 6) is 1.15. The molecule has 5 heteroatoms. The number of nitrogen functional groups attached to an aromatic ring is 1. The van der Waals surface area contributed by atoms with Gasteiger partial charge in [0.1, 0.15) is 0 Å². The van der Waals surface area contributed by atoms with Gasteiger partial charge in [0, 0.05) is 12.6 Å². The van der Waals surface area contributed by atoms with Gasteiger partial charge in [-0.15, -0.1) is 5.10 Å². The van der Waals surface area contributed by atoms with E-state index in [9.17, 15) is 0 Å². The molecule has 0 aliphatic carbocycles. The summed E-state index contributed by atoms with van der Waals surface area (Å²) in [5.41, 5.74) is 6.69. The minimum atomic E-state index is 0.464. The quantitative estimate of drug-likeness (QED) is 0.931. The van der Waals surface area contributed by atoms with Gasteiger partial charge in [-0.2, -0.15) is 5.10 Å². The van der Waals surface area contributed by atoms with Crippen molar-refractivity contribution in [2.45, 2.75) is 39.2 Å². The van der Waals surface area contributed by atoms with Crippen LogP contribution in [0.1, 0.15) is 32.4 Å². The third kappa shape index (κ3) is 3.42. The first-order valence-electron chi connectivity index (χ1n) is 6.58. The van der Waals surface area contributed by atoms with Crippen molar-refractivity contribution in [2.75, 3.05) is 18.8 Å². The van der Waals surface area contributed by atoms with Crippen LogP contribution in [0.3, 0.4) is 0 Å². The molecular formula is C13H21BrN4. The second-order valence-electron chi connectivity index (χ2n) is 5.37. The molecule has 1 saturated heterocycles. The highest BCUT2D eigenvalue weighted by atomic mass is 79.9. The summed E-state index contributed by atoms with van der Waals surface area (Å²) in [6.45, 7) is 6.93. The second kappa shape index (κ2) is 5.97. The lowest BCUT2D eigenvalue weighted by atomic mass is 9.92. The molecule has 1 atom stereocenters. The third-order valence-corrected chi connectivity index (χ3v) is 4.24. The molecule has 18 heavy (non-hydrogen) atoms. The molecule has 1 unspecified atom stereocenters. The summed E-state index contributed by atoms with van der Waals surface area (Å²) >= 11 is 3.41. The Morgan fingerprint density at radius 2 is 2.28 bits per heavy atom. The van der Waals surface area contributed by atoms with Gasteiger partial charge in [0.15, 0.2) is 5.82 Å². The molecule has 0 bridgehead atoms. The Morgan fingerprint density at radius 1 is 1.50 bits per heavy atom. The molecule has 1 aromatic heterocycles. The minimum Gasteiger partial charge on any atom is -0.381 e. The first-order valence-corrected chi connectivity index (χ1v) is 7.37. The van der Waals surface area contributed by atoms with Crippen molar-refractivity contribution in [3.05, 3.63) is 16.2 Å². The number of hydrogen-bond donors (Lipinski definition) is 1. The Hall–Kier alpha value is -0.680. The highest BCUT2D eigenvalue weighted by Crippen LogP contribution is 2.23. The number of likely N-dealkylation sites (tertiary alicyclic amines) is 1. The molecule has 1 fully saturated rings. The summed E-state index contributed by atoms with van der Waals surface area (Å²) in [6.07, 6.45) is 3.56. The van der Waals surface area contributed by atoms with Gasteiger partial charge in [-0.3, -0.25) is 0 Å². The fourth-order valence-electron chi connectivity index (χ4n) is 2.54. The zero-order chi connectivity index (χ0) is 13.1.